The number of carbonyl (C=O) groups is 2. The summed E-state index contributed by atoms with van der Waals surface area (Å²) in [4.78, 5) is 33.3. The van der Waals surface area contributed by atoms with Crippen molar-refractivity contribution < 1.29 is 14.1 Å². The maximum absolute atomic E-state index is 13.2. The third-order valence-electron chi connectivity index (χ3n) is 7.09. The summed E-state index contributed by atoms with van der Waals surface area (Å²) in [5.74, 6) is 1.11. The highest BCUT2D eigenvalue weighted by atomic mass is 32.1. The number of thiazole rings is 1. The van der Waals surface area contributed by atoms with E-state index in [0.29, 0.717) is 30.9 Å². The molecule has 0 unspecified atom stereocenters. The van der Waals surface area contributed by atoms with Crippen LogP contribution in [-0.2, 0) is 11.2 Å². The number of hydrogen-bond donors (Lipinski definition) is 1. The number of piperidine rings is 1. The summed E-state index contributed by atoms with van der Waals surface area (Å²) in [6.07, 6.45) is 2.37. The summed E-state index contributed by atoms with van der Waals surface area (Å²) in [6.45, 7) is 11.7. The van der Waals surface area contributed by atoms with E-state index in [4.69, 9.17) is 4.52 Å². The zero-order chi connectivity index (χ0) is 25.1. The Bertz CT molecular complexity index is 1170. The Balaban J connectivity index is 1.29. The molecule has 1 fully saturated rings. The molecule has 0 spiro atoms. The molecule has 8 heteroatoms. The normalized spacial score (nSPS) is 15.3. The lowest BCUT2D eigenvalue weighted by atomic mass is 9.84. The molecule has 1 atom stereocenters. The molecule has 0 radical (unpaired) electrons. The van der Waals surface area contributed by atoms with Crippen molar-refractivity contribution in [1.82, 2.24) is 20.4 Å². The molecule has 0 saturated carbocycles. The highest BCUT2D eigenvalue weighted by molar-refractivity contribution is 7.17. The molecular formula is C27H34N4O3S. The van der Waals surface area contributed by atoms with Gasteiger partial charge in [0.15, 0.2) is 0 Å². The number of likely N-dealkylation sites (tertiary alicyclic amines) is 1. The van der Waals surface area contributed by atoms with Gasteiger partial charge in [-0.1, -0.05) is 41.9 Å². The monoisotopic (exact) mass is 494 g/mol. The molecule has 7 nitrogen and oxygen atoms in total. The lowest BCUT2D eigenvalue weighted by Crippen LogP contribution is -2.43. The minimum atomic E-state index is -0.0878. The van der Waals surface area contributed by atoms with Crippen LogP contribution in [0, 0.1) is 39.5 Å². The number of nitrogens with zero attached hydrogens (tertiary/aromatic N) is 3. The fraction of sp³-hybridized carbons (Fsp3) is 0.481. The first kappa shape index (κ1) is 25.1. The molecule has 1 aromatic carbocycles. The fourth-order valence-electron chi connectivity index (χ4n) is 4.71. The molecule has 1 saturated heterocycles. The van der Waals surface area contributed by atoms with E-state index in [0.717, 1.165) is 46.1 Å². The van der Waals surface area contributed by atoms with Crippen LogP contribution in [0.25, 0.3) is 10.6 Å². The minimum Gasteiger partial charge on any atom is -0.361 e. The molecule has 3 aromatic rings. The fourth-order valence-corrected chi connectivity index (χ4v) is 5.74. The Labute approximate surface area is 210 Å². The predicted octanol–water partition coefficient (Wildman–Crippen LogP) is 4.88. The second kappa shape index (κ2) is 10.7. The number of carbonyl (C=O) groups excluding carboxylic acids is 2. The topological polar surface area (TPSA) is 88.3 Å². The highest BCUT2D eigenvalue weighted by Gasteiger charge is 2.31. The molecule has 0 bridgehead atoms. The lowest BCUT2D eigenvalue weighted by molar-refractivity contribution is -0.126. The average Bonchev–Trinajstić information content (AvgIpc) is 3.40. The first-order chi connectivity index (χ1) is 16.7. The Hall–Kier alpha value is -3.00. The van der Waals surface area contributed by atoms with Gasteiger partial charge in [0.25, 0.3) is 5.91 Å². The number of aryl methyl sites for hydroxylation is 4. The van der Waals surface area contributed by atoms with Crippen molar-refractivity contribution in [2.45, 2.75) is 53.9 Å². The zero-order valence-corrected chi connectivity index (χ0v) is 22.0. The molecule has 1 aliphatic rings. The highest BCUT2D eigenvalue weighted by Crippen LogP contribution is 2.31. The van der Waals surface area contributed by atoms with Gasteiger partial charge in [-0.2, -0.15) is 0 Å². The number of nitrogens with one attached hydrogen (secondary N) is 1. The van der Waals surface area contributed by atoms with Crippen molar-refractivity contribution in [3.05, 3.63) is 57.4 Å². The van der Waals surface area contributed by atoms with Crippen LogP contribution in [0.3, 0.4) is 0 Å². The van der Waals surface area contributed by atoms with Crippen LogP contribution in [0.5, 0.6) is 0 Å². The number of benzene rings is 1. The van der Waals surface area contributed by atoms with E-state index in [2.05, 4.69) is 34.5 Å². The largest absolute Gasteiger partial charge is 0.361 e. The van der Waals surface area contributed by atoms with Crippen LogP contribution >= 0.6 is 11.3 Å². The average molecular weight is 495 g/mol. The summed E-state index contributed by atoms with van der Waals surface area (Å²) >= 11 is 1.46. The summed E-state index contributed by atoms with van der Waals surface area (Å²) in [7, 11) is 0. The Kier molecular flexibility index (Phi) is 7.69. The Morgan fingerprint density at radius 3 is 2.43 bits per heavy atom. The third-order valence-corrected chi connectivity index (χ3v) is 8.29. The van der Waals surface area contributed by atoms with Crippen LogP contribution < -0.4 is 5.32 Å². The van der Waals surface area contributed by atoms with Gasteiger partial charge in [-0.25, -0.2) is 4.98 Å². The van der Waals surface area contributed by atoms with Crippen molar-refractivity contribution in [1.29, 1.82) is 0 Å². The molecule has 35 heavy (non-hydrogen) atoms. The van der Waals surface area contributed by atoms with Gasteiger partial charge in [-0.15, -0.1) is 11.3 Å². The van der Waals surface area contributed by atoms with Crippen LogP contribution in [0.1, 0.15) is 57.7 Å². The second-order valence-corrected chi connectivity index (χ2v) is 10.6. The van der Waals surface area contributed by atoms with E-state index in [9.17, 15) is 9.59 Å². The Morgan fingerprint density at radius 1 is 1.11 bits per heavy atom. The number of hydrogen-bond acceptors (Lipinski definition) is 6. The van der Waals surface area contributed by atoms with E-state index in [1.54, 1.807) is 0 Å². The molecule has 3 heterocycles. The summed E-state index contributed by atoms with van der Waals surface area (Å²) in [5.41, 5.74) is 4.96. The molecule has 0 aliphatic carbocycles. The molecule has 1 N–H and O–H groups in total. The summed E-state index contributed by atoms with van der Waals surface area (Å²) < 4.78 is 5.19. The van der Waals surface area contributed by atoms with Gasteiger partial charge < -0.3 is 14.7 Å². The first-order valence-corrected chi connectivity index (χ1v) is 13.1. The van der Waals surface area contributed by atoms with E-state index < -0.39 is 0 Å². The maximum Gasteiger partial charge on any atom is 0.265 e. The van der Waals surface area contributed by atoms with Crippen molar-refractivity contribution in [2.75, 3.05) is 19.6 Å². The van der Waals surface area contributed by atoms with Gasteiger partial charge in [0, 0.05) is 36.7 Å². The van der Waals surface area contributed by atoms with Gasteiger partial charge in [0.05, 0.1) is 11.4 Å². The summed E-state index contributed by atoms with van der Waals surface area (Å²) in [5, 5.41) is 7.91. The van der Waals surface area contributed by atoms with Crippen molar-refractivity contribution in [3.63, 3.8) is 0 Å². The van der Waals surface area contributed by atoms with Crippen molar-refractivity contribution in [3.8, 4) is 10.6 Å². The van der Waals surface area contributed by atoms with E-state index in [-0.39, 0.29) is 23.7 Å². The van der Waals surface area contributed by atoms with Gasteiger partial charge in [-0.05, 0) is 52.9 Å². The number of aromatic nitrogens is 2. The molecular weight excluding hydrogens is 460 g/mol. The summed E-state index contributed by atoms with van der Waals surface area (Å²) in [6, 6.07) is 8.22. The van der Waals surface area contributed by atoms with E-state index in [1.165, 1.54) is 16.9 Å². The van der Waals surface area contributed by atoms with Crippen LogP contribution in [0.15, 0.2) is 28.8 Å². The molecule has 1 aliphatic heterocycles. The SMILES string of the molecule is Cc1ccc(-c2nc(C)c(C(=O)N3CCC([C@H](C)C(=O)NCCc4c(C)noc4C)CC3)s2)cc1. The maximum atomic E-state index is 13.2. The molecule has 4 rings (SSSR count). The third kappa shape index (κ3) is 5.64. The van der Waals surface area contributed by atoms with Gasteiger partial charge in [0.2, 0.25) is 5.91 Å². The smallest absolute Gasteiger partial charge is 0.265 e. The van der Waals surface area contributed by atoms with Crippen LogP contribution in [0.2, 0.25) is 0 Å². The number of rotatable bonds is 7. The first-order valence-electron chi connectivity index (χ1n) is 12.3. The van der Waals surface area contributed by atoms with Crippen molar-refractivity contribution >= 4 is 23.2 Å². The van der Waals surface area contributed by atoms with Gasteiger partial charge >= 0.3 is 0 Å². The minimum absolute atomic E-state index is 0.0494. The van der Waals surface area contributed by atoms with E-state index in [1.807, 2.05) is 44.7 Å². The van der Waals surface area contributed by atoms with Crippen molar-refractivity contribution in [2.24, 2.45) is 11.8 Å². The van der Waals surface area contributed by atoms with Crippen LogP contribution in [0.4, 0.5) is 0 Å². The quantitative estimate of drug-likeness (QED) is 0.506. The zero-order valence-electron chi connectivity index (χ0n) is 21.2. The van der Waals surface area contributed by atoms with E-state index >= 15 is 0 Å². The second-order valence-electron chi connectivity index (χ2n) is 9.56. The standard InChI is InChI=1S/C27H34N4O3S/c1-16-6-8-22(9-7-16)26-29-19(4)24(35-26)27(33)31-14-11-21(12-15-31)17(2)25(32)28-13-10-23-18(3)30-34-20(23)5/h6-9,17,21H,10-15H2,1-5H3,(H,28,32)/t17-/m0/s1. The number of amides is 2. The van der Waals surface area contributed by atoms with Gasteiger partial charge in [0.1, 0.15) is 15.6 Å². The lowest BCUT2D eigenvalue weighted by Gasteiger charge is -2.34. The Morgan fingerprint density at radius 2 is 1.80 bits per heavy atom. The molecule has 2 amide bonds. The molecule has 186 valence electrons. The predicted molar refractivity (Wildman–Crippen MR) is 138 cm³/mol. The molecule has 2 aromatic heterocycles. The van der Waals surface area contributed by atoms with Crippen LogP contribution in [-0.4, -0.2) is 46.5 Å². The van der Waals surface area contributed by atoms with Gasteiger partial charge in [-0.3, -0.25) is 9.59 Å².